The van der Waals surface area contributed by atoms with Gasteiger partial charge >= 0.3 is 42.1 Å². The predicted molar refractivity (Wildman–Crippen MR) is 222 cm³/mol. The Morgan fingerprint density at radius 2 is 0.831 bits per heavy atom. The second kappa shape index (κ2) is 17.5. The zero-order chi connectivity index (χ0) is 38.0. The van der Waals surface area contributed by atoms with Crippen LogP contribution in [0.15, 0.2) is 176 Å². The first-order valence-corrected chi connectivity index (χ1v) is 18.4. The van der Waals surface area contributed by atoms with Crippen molar-refractivity contribution in [2.24, 2.45) is 0 Å². The first kappa shape index (κ1) is 39.3. The number of fused-ring (bicyclic) bond motifs is 3. The summed E-state index contributed by atoms with van der Waals surface area (Å²) in [5.74, 6) is 2.57. The van der Waals surface area contributed by atoms with Crippen LogP contribution in [0.1, 0.15) is 0 Å². The maximum Gasteiger partial charge on any atom is 2.00 e. The van der Waals surface area contributed by atoms with E-state index in [1.165, 1.54) is 0 Å². The molecule has 0 aliphatic rings. The minimum Gasteiger partial charge on any atom is -0.503 e. The van der Waals surface area contributed by atoms with Crippen LogP contribution in [0.4, 0.5) is 0 Å². The van der Waals surface area contributed by atoms with Gasteiger partial charge in [0.15, 0.2) is 0 Å². The SMILES string of the molecule is [Pt+2].[Pt+2].[c-]1c(Oc2[c-]c3c(cc2)c2ccc(Oc4[c-]c(-c5ccc(-c6ccccc6)cn5)ccc4)[c-]c2n3-c2ncccn2)cccc1-c1ccc(-c2ccccc2)cn1. The van der Waals surface area contributed by atoms with Gasteiger partial charge in [0.05, 0.1) is 0 Å². The first-order chi connectivity index (χ1) is 28.2. The van der Waals surface area contributed by atoms with Gasteiger partial charge in [-0.1, -0.05) is 108 Å². The molecule has 0 unspecified atom stereocenters. The Hall–Kier alpha value is -6.52. The zero-order valence-electron chi connectivity index (χ0n) is 30.9. The monoisotopic (exact) mass is 1120 g/mol. The minimum atomic E-state index is 0. The molecule has 0 radical (unpaired) electrons. The first-order valence-electron chi connectivity index (χ1n) is 18.4. The van der Waals surface area contributed by atoms with E-state index in [1.54, 1.807) is 18.5 Å². The average Bonchev–Trinajstić information content (AvgIpc) is 3.60. The number of benzene rings is 6. The Bertz CT molecular complexity index is 2810. The maximum absolute atomic E-state index is 6.37. The average molecular weight is 1120 g/mol. The van der Waals surface area contributed by atoms with Crippen LogP contribution in [-0.2, 0) is 42.1 Å². The number of rotatable bonds is 9. The van der Waals surface area contributed by atoms with Crippen molar-refractivity contribution in [2.75, 3.05) is 0 Å². The van der Waals surface area contributed by atoms with Gasteiger partial charge in [-0.3, -0.25) is 0 Å². The second-order valence-electron chi connectivity index (χ2n) is 13.2. The summed E-state index contributed by atoms with van der Waals surface area (Å²) in [6.07, 6.45) is 7.18. The van der Waals surface area contributed by atoms with Gasteiger partial charge in [-0.25, -0.2) is 9.97 Å². The van der Waals surface area contributed by atoms with E-state index in [-0.39, 0.29) is 42.1 Å². The summed E-state index contributed by atoms with van der Waals surface area (Å²) in [5.41, 5.74) is 9.04. The van der Waals surface area contributed by atoms with Crippen LogP contribution in [0.3, 0.4) is 0 Å². The van der Waals surface area contributed by atoms with Crippen LogP contribution in [0.5, 0.6) is 23.0 Å². The third kappa shape index (κ3) is 8.26. The van der Waals surface area contributed by atoms with Crippen LogP contribution in [0, 0.1) is 24.3 Å². The molecule has 0 bridgehead atoms. The fourth-order valence-corrected chi connectivity index (χ4v) is 6.81. The molecule has 7 nitrogen and oxygen atoms in total. The van der Waals surface area contributed by atoms with E-state index in [4.69, 9.17) is 19.4 Å². The van der Waals surface area contributed by atoms with Gasteiger partial charge in [-0.05, 0) is 39.7 Å². The van der Waals surface area contributed by atoms with Crippen LogP contribution in [-0.4, -0.2) is 24.5 Å². The van der Waals surface area contributed by atoms with Crippen molar-refractivity contribution in [1.29, 1.82) is 0 Å². The number of pyridine rings is 2. The van der Waals surface area contributed by atoms with Crippen molar-refractivity contribution in [2.45, 2.75) is 0 Å². The maximum atomic E-state index is 6.37. The molecule has 0 amide bonds. The summed E-state index contributed by atoms with van der Waals surface area (Å²) >= 11 is 0. The third-order valence-electron chi connectivity index (χ3n) is 9.56. The summed E-state index contributed by atoms with van der Waals surface area (Å²) in [6.45, 7) is 0. The fraction of sp³-hybridized carbons (Fsp3) is 0. The number of aromatic nitrogens is 5. The van der Waals surface area contributed by atoms with E-state index in [0.29, 0.717) is 28.9 Å². The van der Waals surface area contributed by atoms with Gasteiger partial charge in [0.25, 0.3) is 0 Å². The molecular formula is C50H29N5O2Pt2. The molecule has 0 N–H and O–H groups in total. The van der Waals surface area contributed by atoms with Crippen LogP contribution in [0.25, 0.3) is 72.5 Å². The molecule has 0 aliphatic carbocycles. The summed E-state index contributed by atoms with van der Waals surface area (Å²) in [5, 5.41) is 1.87. The summed E-state index contributed by atoms with van der Waals surface area (Å²) in [6, 6.07) is 63.4. The molecule has 0 spiro atoms. The van der Waals surface area contributed by atoms with Gasteiger partial charge in [-0.2, -0.15) is 22.9 Å². The molecule has 10 aromatic rings. The molecule has 286 valence electrons. The molecule has 4 heterocycles. The van der Waals surface area contributed by atoms with E-state index in [9.17, 15) is 0 Å². The summed E-state index contributed by atoms with van der Waals surface area (Å²) in [7, 11) is 0. The molecule has 59 heavy (non-hydrogen) atoms. The molecule has 4 aromatic heterocycles. The fourth-order valence-electron chi connectivity index (χ4n) is 6.81. The molecule has 9 heteroatoms. The van der Waals surface area contributed by atoms with Gasteiger partial charge in [-0.15, -0.1) is 71.8 Å². The van der Waals surface area contributed by atoms with Crippen molar-refractivity contribution < 1.29 is 51.6 Å². The van der Waals surface area contributed by atoms with Crippen LogP contribution >= 0.6 is 0 Å². The number of hydrogen-bond acceptors (Lipinski definition) is 6. The van der Waals surface area contributed by atoms with Crippen molar-refractivity contribution in [3.8, 4) is 73.7 Å². The quantitative estimate of drug-likeness (QED) is 0.134. The Morgan fingerprint density at radius 3 is 1.27 bits per heavy atom. The van der Waals surface area contributed by atoms with E-state index < -0.39 is 0 Å². The van der Waals surface area contributed by atoms with Gasteiger partial charge in [0, 0.05) is 47.8 Å². The smallest absolute Gasteiger partial charge is 0.503 e. The number of ether oxygens (including phenoxy) is 2. The normalized spacial score (nSPS) is 10.8. The van der Waals surface area contributed by atoms with Gasteiger partial charge < -0.3 is 24.0 Å². The Balaban J connectivity index is 0.00000242. The molecule has 10 rings (SSSR count). The number of nitrogens with zero attached hydrogens (tertiary/aromatic N) is 5. The van der Waals surface area contributed by atoms with Gasteiger partial charge in [0.2, 0.25) is 5.95 Å². The Morgan fingerprint density at radius 1 is 0.373 bits per heavy atom. The largest absolute Gasteiger partial charge is 2.00 e. The van der Waals surface area contributed by atoms with Gasteiger partial charge in [0.1, 0.15) is 0 Å². The van der Waals surface area contributed by atoms with E-state index >= 15 is 0 Å². The van der Waals surface area contributed by atoms with E-state index in [1.807, 2.05) is 126 Å². The second-order valence-corrected chi connectivity index (χ2v) is 13.2. The summed E-state index contributed by atoms with van der Waals surface area (Å²) < 4.78 is 14.7. The molecule has 0 fully saturated rings. The molecule has 0 aliphatic heterocycles. The standard InChI is InChI=1S/C50H29N5O2.2Pt/c1-3-10-34(11-4-1)38-18-24-46(53-32-38)36-14-7-16-40(28-36)56-42-20-22-44-45-23-21-43(31-49(45)55(48(44)30-42)50-51-26-9-27-52-50)57-41-17-8-15-37(29-41)47-25-19-39(33-54-47)35-12-5-2-6-13-35;;/h1-27,32-33H;;/q-4;2*+2. The van der Waals surface area contributed by atoms with Crippen LogP contribution in [0.2, 0.25) is 0 Å². The summed E-state index contributed by atoms with van der Waals surface area (Å²) in [4.78, 5) is 18.6. The Labute approximate surface area is 369 Å². The molecule has 0 saturated heterocycles. The van der Waals surface area contributed by atoms with Crippen molar-refractivity contribution in [3.63, 3.8) is 0 Å². The molecule has 0 saturated carbocycles. The Kier molecular flexibility index (Phi) is 11.7. The topological polar surface area (TPSA) is 75.0 Å². The molecule has 0 atom stereocenters. The molecular weight excluding hydrogens is 1090 g/mol. The zero-order valence-corrected chi connectivity index (χ0v) is 35.5. The van der Waals surface area contributed by atoms with E-state index in [2.05, 4.69) is 70.6 Å². The van der Waals surface area contributed by atoms with Crippen molar-refractivity contribution >= 4 is 21.8 Å². The van der Waals surface area contributed by atoms with Crippen molar-refractivity contribution in [3.05, 3.63) is 201 Å². The predicted octanol–water partition coefficient (Wildman–Crippen LogP) is 11.8. The van der Waals surface area contributed by atoms with Crippen molar-refractivity contribution in [1.82, 2.24) is 24.5 Å². The number of hydrogen-bond donors (Lipinski definition) is 0. The molecule has 6 aromatic carbocycles. The minimum absolute atomic E-state index is 0. The van der Waals surface area contributed by atoms with Crippen LogP contribution < -0.4 is 9.47 Å². The third-order valence-corrected chi connectivity index (χ3v) is 9.56. The van der Waals surface area contributed by atoms with E-state index in [0.717, 1.165) is 66.6 Å².